The van der Waals surface area contributed by atoms with Gasteiger partial charge in [0.2, 0.25) is 0 Å². The number of carbonyl (C=O) groups excluding carboxylic acids is 1. The Hall–Kier alpha value is -1.85. The van der Waals surface area contributed by atoms with Crippen molar-refractivity contribution in [2.75, 3.05) is 13.1 Å². The third-order valence-corrected chi connectivity index (χ3v) is 4.02. The van der Waals surface area contributed by atoms with E-state index in [0.29, 0.717) is 18.7 Å². The van der Waals surface area contributed by atoms with Crippen LogP contribution in [0, 0.1) is 12.3 Å². The Kier molecular flexibility index (Phi) is 3.59. The summed E-state index contributed by atoms with van der Waals surface area (Å²) in [5.74, 6) is -1.04. The van der Waals surface area contributed by atoms with Gasteiger partial charge < -0.3 is 10.0 Å². The minimum Gasteiger partial charge on any atom is -0.481 e. The Bertz CT molecular complexity index is 585. The minimum atomic E-state index is -0.853. The third kappa shape index (κ3) is 2.80. The lowest BCUT2D eigenvalue weighted by molar-refractivity contribution is -0.147. The molecule has 116 valence electrons. The maximum atomic E-state index is 12.5. The first kappa shape index (κ1) is 15.5. The van der Waals surface area contributed by atoms with Gasteiger partial charge in [-0.15, -0.1) is 0 Å². The van der Waals surface area contributed by atoms with Crippen molar-refractivity contribution < 1.29 is 14.7 Å². The lowest BCUT2D eigenvalue weighted by Crippen LogP contribution is -2.35. The Morgan fingerprint density at radius 3 is 2.43 bits per heavy atom. The number of aromatic nitrogens is 2. The number of aryl methyl sites for hydroxylation is 1. The van der Waals surface area contributed by atoms with Gasteiger partial charge in [0, 0.05) is 18.8 Å². The number of rotatable bonds is 2. The second kappa shape index (κ2) is 4.86. The highest BCUT2D eigenvalue weighted by molar-refractivity contribution is 5.93. The maximum absolute atomic E-state index is 12.5. The minimum absolute atomic E-state index is 0.189. The monoisotopic (exact) mass is 293 g/mol. The van der Waals surface area contributed by atoms with Crippen LogP contribution in [0.3, 0.4) is 0 Å². The van der Waals surface area contributed by atoms with Gasteiger partial charge in [-0.25, -0.2) is 0 Å². The maximum Gasteiger partial charge on any atom is 0.311 e. The fourth-order valence-corrected chi connectivity index (χ4v) is 2.73. The van der Waals surface area contributed by atoms with Crippen LogP contribution in [0.5, 0.6) is 0 Å². The van der Waals surface area contributed by atoms with E-state index >= 15 is 0 Å². The smallest absolute Gasteiger partial charge is 0.311 e. The number of aliphatic carboxylic acids is 1. The van der Waals surface area contributed by atoms with Gasteiger partial charge in [0.1, 0.15) is 0 Å². The third-order valence-electron chi connectivity index (χ3n) is 4.02. The molecule has 1 aromatic heterocycles. The Balaban J connectivity index is 2.21. The Morgan fingerprint density at radius 1 is 1.38 bits per heavy atom. The van der Waals surface area contributed by atoms with Gasteiger partial charge in [0.05, 0.1) is 11.0 Å². The number of carbonyl (C=O) groups is 2. The molecule has 1 aliphatic rings. The van der Waals surface area contributed by atoms with E-state index in [1.54, 1.807) is 17.9 Å². The number of hydrogen-bond acceptors (Lipinski definition) is 3. The zero-order chi connectivity index (χ0) is 16.0. The van der Waals surface area contributed by atoms with Crippen LogP contribution in [0.1, 0.15) is 50.3 Å². The van der Waals surface area contributed by atoms with E-state index in [1.165, 1.54) is 0 Å². The van der Waals surface area contributed by atoms with E-state index in [1.807, 2.05) is 32.4 Å². The first-order valence-corrected chi connectivity index (χ1v) is 7.14. The van der Waals surface area contributed by atoms with Crippen LogP contribution in [-0.4, -0.2) is 44.8 Å². The molecule has 0 bridgehead atoms. The molecule has 1 N–H and O–H groups in total. The molecule has 0 aromatic carbocycles. The van der Waals surface area contributed by atoms with Gasteiger partial charge >= 0.3 is 5.97 Å². The van der Waals surface area contributed by atoms with Gasteiger partial charge in [-0.1, -0.05) is 0 Å². The highest BCUT2D eigenvalue weighted by Crippen LogP contribution is 2.31. The first-order valence-electron chi connectivity index (χ1n) is 7.14. The van der Waals surface area contributed by atoms with Crippen LogP contribution in [-0.2, 0) is 10.3 Å². The average Bonchev–Trinajstić information content (AvgIpc) is 2.92. The normalized spacial score (nSPS) is 22.6. The van der Waals surface area contributed by atoms with Gasteiger partial charge in [-0.3, -0.25) is 14.3 Å². The summed E-state index contributed by atoms with van der Waals surface area (Å²) in [7, 11) is 0. The molecule has 1 amide bonds. The lowest BCUT2D eigenvalue weighted by Gasteiger charge is -2.21. The molecule has 6 nitrogen and oxygen atoms in total. The van der Waals surface area contributed by atoms with Crippen molar-refractivity contribution in [1.29, 1.82) is 0 Å². The molecule has 1 aliphatic heterocycles. The van der Waals surface area contributed by atoms with E-state index in [-0.39, 0.29) is 18.0 Å². The summed E-state index contributed by atoms with van der Waals surface area (Å²) >= 11 is 0. The molecule has 0 radical (unpaired) electrons. The molecule has 0 spiro atoms. The second-order valence-electron chi connectivity index (χ2n) is 7.10. The molecule has 1 atom stereocenters. The van der Waals surface area contributed by atoms with Crippen LogP contribution >= 0.6 is 0 Å². The van der Waals surface area contributed by atoms with Crippen molar-refractivity contribution in [1.82, 2.24) is 14.7 Å². The number of carboxylic acid groups (broad SMARTS) is 1. The first-order chi connectivity index (χ1) is 9.54. The topological polar surface area (TPSA) is 75.4 Å². The molecule has 1 fully saturated rings. The van der Waals surface area contributed by atoms with Crippen molar-refractivity contribution in [3.8, 4) is 0 Å². The van der Waals surface area contributed by atoms with Crippen LogP contribution in [0.25, 0.3) is 0 Å². The molecule has 1 aromatic rings. The fraction of sp³-hybridized carbons (Fsp3) is 0.667. The number of likely N-dealkylation sites (tertiary alicyclic amines) is 1. The molecular formula is C15H23N3O3. The number of hydrogen-bond donors (Lipinski definition) is 1. The summed E-state index contributed by atoms with van der Waals surface area (Å²) < 4.78 is 1.83. The molecule has 0 saturated carbocycles. The average molecular weight is 293 g/mol. The molecule has 2 rings (SSSR count). The number of carboxylic acids is 1. The summed E-state index contributed by atoms with van der Waals surface area (Å²) in [5.41, 5.74) is 0.267. The summed E-state index contributed by atoms with van der Waals surface area (Å²) in [5, 5.41) is 13.6. The van der Waals surface area contributed by atoms with E-state index in [0.717, 1.165) is 5.69 Å². The molecule has 21 heavy (non-hydrogen) atoms. The molecule has 0 unspecified atom stereocenters. The Labute approximate surface area is 124 Å². The SMILES string of the molecule is Cc1cc(C(=O)N2CC[C@@](C)(C(=O)O)C2)nn1C(C)(C)C. The van der Waals surface area contributed by atoms with Crippen LogP contribution in [0.15, 0.2) is 6.07 Å². The molecule has 2 heterocycles. The quantitative estimate of drug-likeness (QED) is 0.903. The summed E-state index contributed by atoms with van der Waals surface area (Å²) in [6.45, 7) is 10.4. The van der Waals surface area contributed by atoms with Crippen LogP contribution in [0.2, 0.25) is 0 Å². The van der Waals surface area contributed by atoms with E-state index in [9.17, 15) is 14.7 Å². The second-order valence-corrected chi connectivity index (χ2v) is 7.10. The fourth-order valence-electron chi connectivity index (χ4n) is 2.73. The Morgan fingerprint density at radius 2 is 2.00 bits per heavy atom. The summed E-state index contributed by atoms with van der Waals surface area (Å²) in [6, 6.07) is 1.77. The zero-order valence-corrected chi connectivity index (χ0v) is 13.3. The molecular weight excluding hydrogens is 270 g/mol. The largest absolute Gasteiger partial charge is 0.481 e. The van der Waals surface area contributed by atoms with Gasteiger partial charge in [-0.05, 0) is 47.1 Å². The molecule has 1 saturated heterocycles. The highest BCUT2D eigenvalue weighted by atomic mass is 16.4. The van der Waals surface area contributed by atoms with Crippen molar-refractivity contribution in [3.63, 3.8) is 0 Å². The zero-order valence-electron chi connectivity index (χ0n) is 13.3. The predicted octanol–water partition coefficient (Wildman–Crippen LogP) is 1.88. The molecule has 6 heteroatoms. The number of amides is 1. The highest BCUT2D eigenvalue weighted by Gasteiger charge is 2.42. The van der Waals surface area contributed by atoms with Crippen molar-refractivity contribution in [2.24, 2.45) is 5.41 Å². The standard InChI is InChI=1S/C15H23N3O3/c1-10-8-11(16-18(10)14(2,3)4)12(19)17-7-6-15(5,9-17)13(20)21/h8H,6-7,9H2,1-5H3,(H,20,21)/t15-/m1/s1. The van der Waals surface area contributed by atoms with Crippen LogP contribution < -0.4 is 0 Å². The number of nitrogens with zero attached hydrogens (tertiary/aromatic N) is 3. The predicted molar refractivity (Wildman–Crippen MR) is 78.2 cm³/mol. The van der Waals surface area contributed by atoms with Gasteiger partial charge in [0.15, 0.2) is 5.69 Å². The van der Waals surface area contributed by atoms with Gasteiger partial charge in [-0.2, -0.15) is 5.10 Å². The van der Waals surface area contributed by atoms with Crippen LogP contribution in [0.4, 0.5) is 0 Å². The van der Waals surface area contributed by atoms with Crippen molar-refractivity contribution >= 4 is 11.9 Å². The van der Waals surface area contributed by atoms with E-state index in [4.69, 9.17) is 0 Å². The van der Waals surface area contributed by atoms with Gasteiger partial charge in [0.25, 0.3) is 5.91 Å². The summed E-state index contributed by atoms with van der Waals surface area (Å²) in [6.07, 6.45) is 0.479. The van der Waals surface area contributed by atoms with E-state index < -0.39 is 11.4 Å². The van der Waals surface area contributed by atoms with Crippen molar-refractivity contribution in [3.05, 3.63) is 17.5 Å². The van der Waals surface area contributed by atoms with Crippen molar-refractivity contribution in [2.45, 2.75) is 46.6 Å². The lowest BCUT2D eigenvalue weighted by atomic mass is 9.90. The summed E-state index contributed by atoms with van der Waals surface area (Å²) in [4.78, 5) is 25.4. The molecule has 0 aliphatic carbocycles. The van der Waals surface area contributed by atoms with E-state index in [2.05, 4.69) is 5.10 Å².